The highest BCUT2D eigenvalue weighted by molar-refractivity contribution is 6.31. The van der Waals surface area contributed by atoms with Crippen LogP contribution in [0.1, 0.15) is 42.9 Å². The first-order valence-electron chi connectivity index (χ1n) is 5.80. The second-order valence-electron chi connectivity index (χ2n) is 4.51. The molecule has 1 aromatic rings. The van der Waals surface area contributed by atoms with Crippen molar-refractivity contribution >= 4 is 11.6 Å². The summed E-state index contributed by atoms with van der Waals surface area (Å²) in [6.45, 7) is 2.17. The average molecular weight is 256 g/mol. The van der Waals surface area contributed by atoms with E-state index in [9.17, 15) is 0 Å². The Bertz CT molecular complexity index is 434. The van der Waals surface area contributed by atoms with Crippen LogP contribution in [0.25, 0.3) is 0 Å². The van der Waals surface area contributed by atoms with E-state index >= 15 is 0 Å². The molecule has 0 bridgehead atoms. The first-order valence-corrected chi connectivity index (χ1v) is 6.17. The minimum atomic E-state index is -0.0243. The standard InChI is InChI=1S/C13H18ClNO2/c1-7-4-5-9(15)12-11(7)8(14)6-10(16-2)13(12)17-3/h6-7,9H,4-5,15H2,1-3H3. The largest absolute Gasteiger partial charge is 0.493 e. The van der Waals surface area contributed by atoms with Gasteiger partial charge in [-0.2, -0.15) is 0 Å². The predicted molar refractivity (Wildman–Crippen MR) is 69.1 cm³/mol. The number of halogens is 1. The topological polar surface area (TPSA) is 44.5 Å². The molecule has 0 saturated heterocycles. The number of methoxy groups -OCH3 is 2. The lowest BCUT2D eigenvalue weighted by Crippen LogP contribution is -2.21. The Balaban J connectivity index is 2.70. The summed E-state index contributed by atoms with van der Waals surface area (Å²) in [4.78, 5) is 0. The van der Waals surface area contributed by atoms with Gasteiger partial charge >= 0.3 is 0 Å². The molecule has 2 N–H and O–H groups in total. The molecule has 4 heteroatoms. The minimum absolute atomic E-state index is 0.0243. The molecule has 0 heterocycles. The Morgan fingerprint density at radius 3 is 2.53 bits per heavy atom. The summed E-state index contributed by atoms with van der Waals surface area (Å²) >= 11 is 6.32. The lowest BCUT2D eigenvalue weighted by atomic mass is 9.80. The van der Waals surface area contributed by atoms with Crippen molar-refractivity contribution in [1.82, 2.24) is 0 Å². The molecule has 0 radical (unpaired) electrons. The number of hydrogen-bond acceptors (Lipinski definition) is 3. The quantitative estimate of drug-likeness (QED) is 0.882. The highest BCUT2D eigenvalue weighted by atomic mass is 35.5. The van der Waals surface area contributed by atoms with E-state index in [-0.39, 0.29) is 6.04 Å². The third kappa shape index (κ3) is 1.98. The molecule has 2 rings (SSSR count). The molecule has 94 valence electrons. The molecular formula is C13H18ClNO2. The van der Waals surface area contributed by atoms with E-state index in [1.165, 1.54) is 0 Å². The fourth-order valence-electron chi connectivity index (χ4n) is 2.59. The van der Waals surface area contributed by atoms with Crippen LogP contribution in [0.5, 0.6) is 11.5 Å². The Kier molecular flexibility index (Phi) is 3.50. The van der Waals surface area contributed by atoms with Crippen LogP contribution >= 0.6 is 11.6 Å². The monoisotopic (exact) mass is 255 g/mol. The van der Waals surface area contributed by atoms with Gasteiger partial charge in [0.1, 0.15) is 0 Å². The SMILES string of the molecule is COc1cc(Cl)c2c(c1OC)C(N)CCC2C. The summed E-state index contributed by atoms with van der Waals surface area (Å²) in [5.41, 5.74) is 8.31. The van der Waals surface area contributed by atoms with Gasteiger partial charge in [-0.25, -0.2) is 0 Å². The van der Waals surface area contributed by atoms with Gasteiger partial charge in [-0.15, -0.1) is 0 Å². The summed E-state index contributed by atoms with van der Waals surface area (Å²) in [7, 11) is 3.25. The second-order valence-corrected chi connectivity index (χ2v) is 4.91. The lowest BCUT2D eigenvalue weighted by molar-refractivity contribution is 0.344. The molecule has 1 aliphatic rings. The van der Waals surface area contributed by atoms with E-state index in [2.05, 4.69) is 6.92 Å². The second kappa shape index (κ2) is 4.75. The maximum Gasteiger partial charge on any atom is 0.165 e. The number of ether oxygens (including phenoxy) is 2. The molecule has 0 saturated carbocycles. The minimum Gasteiger partial charge on any atom is -0.493 e. The van der Waals surface area contributed by atoms with Crippen molar-refractivity contribution in [1.29, 1.82) is 0 Å². The van der Waals surface area contributed by atoms with Gasteiger partial charge in [0.15, 0.2) is 11.5 Å². The van der Waals surface area contributed by atoms with Gasteiger partial charge in [-0.3, -0.25) is 0 Å². The maximum absolute atomic E-state index is 6.32. The molecule has 0 amide bonds. The Morgan fingerprint density at radius 2 is 1.94 bits per heavy atom. The van der Waals surface area contributed by atoms with Gasteiger partial charge in [-0.1, -0.05) is 18.5 Å². The highest BCUT2D eigenvalue weighted by Gasteiger charge is 2.30. The Morgan fingerprint density at radius 1 is 1.24 bits per heavy atom. The van der Waals surface area contributed by atoms with Gasteiger partial charge in [0, 0.05) is 22.7 Å². The number of nitrogens with two attached hydrogens (primary N) is 1. The summed E-state index contributed by atoms with van der Waals surface area (Å²) < 4.78 is 10.7. The third-order valence-corrected chi connectivity index (χ3v) is 3.78. The fraction of sp³-hybridized carbons (Fsp3) is 0.538. The molecule has 2 atom stereocenters. The van der Waals surface area contributed by atoms with E-state index in [1.54, 1.807) is 14.2 Å². The molecule has 0 aromatic heterocycles. The van der Waals surface area contributed by atoms with Crippen LogP contribution in [-0.4, -0.2) is 14.2 Å². The molecular weight excluding hydrogens is 238 g/mol. The summed E-state index contributed by atoms with van der Waals surface area (Å²) in [6, 6.07) is 1.79. The maximum atomic E-state index is 6.32. The Hall–Kier alpha value is -0.930. The number of fused-ring (bicyclic) bond motifs is 1. The average Bonchev–Trinajstić information content (AvgIpc) is 2.32. The molecule has 1 aromatic carbocycles. The molecule has 0 spiro atoms. The van der Waals surface area contributed by atoms with E-state index in [4.69, 9.17) is 26.8 Å². The predicted octanol–water partition coefficient (Wildman–Crippen LogP) is 3.25. The number of rotatable bonds is 2. The van der Waals surface area contributed by atoms with Crippen molar-refractivity contribution < 1.29 is 9.47 Å². The molecule has 0 fully saturated rings. The highest BCUT2D eigenvalue weighted by Crippen LogP contribution is 2.48. The van der Waals surface area contributed by atoms with Crippen LogP contribution in [0.4, 0.5) is 0 Å². The zero-order valence-corrected chi connectivity index (χ0v) is 11.2. The zero-order valence-electron chi connectivity index (χ0n) is 10.4. The number of benzene rings is 1. The molecule has 17 heavy (non-hydrogen) atoms. The van der Waals surface area contributed by atoms with Gasteiger partial charge in [-0.05, 0) is 24.3 Å². The van der Waals surface area contributed by atoms with Gasteiger partial charge < -0.3 is 15.2 Å². The van der Waals surface area contributed by atoms with Crippen LogP contribution < -0.4 is 15.2 Å². The molecule has 1 aliphatic carbocycles. The smallest absolute Gasteiger partial charge is 0.165 e. The van der Waals surface area contributed by atoms with Crippen molar-refractivity contribution in [2.45, 2.75) is 31.7 Å². The van der Waals surface area contributed by atoms with E-state index in [1.807, 2.05) is 6.07 Å². The van der Waals surface area contributed by atoms with Crippen LogP contribution in [0.2, 0.25) is 5.02 Å². The van der Waals surface area contributed by atoms with E-state index < -0.39 is 0 Å². The van der Waals surface area contributed by atoms with Gasteiger partial charge in [0.25, 0.3) is 0 Å². The third-order valence-electron chi connectivity index (χ3n) is 3.47. The fourth-order valence-corrected chi connectivity index (χ4v) is 2.98. The number of hydrogen-bond donors (Lipinski definition) is 1. The van der Waals surface area contributed by atoms with Crippen molar-refractivity contribution in [3.05, 3.63) is 22.2 Å². The van der Waals surface area contributed by atoms with E-state index in [0.717, 1.165) is 34.7 Å². The van der Waals surface area contributed by atoms with Crippen molar-refractivity contribution in [2.24, 2.45) is 5.73 Å². The zero-order chi connectivity index (χ0) is 12.6. The van der Waals surface area contributed by atoms with E-state index in [0.29, 0.717) is 11.7 Å². The van der Waals surface area contributed by atoms with Crippen molar-refractivity contribution in [3.8, 4) is 11.5 Å². The molecule has 0 aliphatic heterocycles. The summed E-state index contributed by atoms with van der Waals surface area (Å²) in [5.74, 6) is 1.80. The van der Waals surface area contributed by atoms with Crippen LogP contribution in [-0.2, 0) is 0 Å². The summed E-state index contributed by atoms with van der Waals surface area (Å²) in [5, 5.41) is 0.723. The lowest BCUT2D eigenvalue weighted by Gasteiger charge is -2.30. The molecule has 3 nitrogen and oxygen atoms in total. The van der Waals surface area contributed by atoms with Crippen LogP contribution in [0.3, 0.4) is 0 Å². The van der Waals surface area contributed by atoms with Gasteiger partial charge in [0.05, 0.1) is 14.2 Å². The Labute approximate surface area is 107 Å². The summed E-state index contributed by atoms with van der Waals surface area (Å²) in [6.07, 6.45) is 2.01. The van der Waals surface area contributed by atoms with Crippen LogP contribution in [0, 0.1) is 0 Å². The van der Waals surface area contributed by atoms with Crippen LogP contribution in [0.15, 0.2) is 6.07 Å². The van der Waals surface area contributed by atoms with Gasteiger partial charge in [0.2, 0.25) is 0 Å². The molecule has 2 unspecified atom stereocenters. The normalized spacial score (nSPS) is 23.1. The van der Waals surface area contributed by atoms with Crippen molar-refractivity contribution in [3.63, 3.8) is 0 Å². The first-order chi connectivity index (χ1) is 8.10. The van der Waals surface area contributed by atoms with Crippen molar-refractivity contribution in [2.75, 3.05) is 14.2 Å². The first kappa shape index (κ1) is 12.5.